The van der Waals surface area contributed by atoms with E-state index in [1.807, 2.05) is 6.92 Å². The molecule has 0 amide bonds. The third kappa shape index (κ3) is 4.45. The van der Waals surface area contributed by atoms with Gasteiger partial charge < -0.3 is 15.0 Å². The fourth-order valence-electron chi connectivity index (χ4n) is 2.96. The standard InChI is InChI=1S/C16H32N2O2/c1-6-17-16(14-9-10-14,15(19)20-8-3)12-18(7-2)11-13(4)5/h13-14,17H,6-12H2,1-5H3. The SMILES string of the molecule is CCNC(CN(CC)CC(C)C)(C(=O)OCC)C1CC1. The molecule has 4 heteroatoms. The summed E-state index contributed by atoms with van der Waals surface area (Å²) >= 11 is 0. The summed E-state index contributed by atoms with van der Waals surface area (Å²) in [7, 11) is 0. The second kappa shape index (κ2) is 7.99. The first-order valence-corrected chi connectivity index (χ1v) is 8.14. The summed E-state index contributed by atoms with van der Waals surface area (Å²) in [4.78, 5) is 14.9. The maximum atomic E-state index is 12.6. The molecule has 118 valence electrons. The van der Waals surface area contributed by atoms with Crippen LogP contribution in [0.3, 0.4) is 0 Å². The van der Waals surface area contributed by atoms with Crippen molar-refractivity contribution in [2.24, 2.45) is 11.8 Å². The van der Waals surface area contributed by atoms with Crippen molar-refractivity contribution in [2.45, 2.75) is 53.0 Å². The van der Waals surface area contributed by atoms with E-state index in [1.54, 1.807) is 0 Å². The summed E-state index contributed by atoms with van der Waals surface area (Å²) in [5.41, 5.74) is -0.504. The van der Waals surface area contributed by atoms with Crippen LogP contribution >= 0.6 is 0 Å². The summed E-state index contributed by atoms with van der Waals surface area (Å²) in [6.07, 6.45) is 2.26. The Balaban J connectivity index is 2.87. The Hall–Kier alpha value is -0.610. The van der Waals surface area contributed by atoms with Gasteiger partial charge in [-0.3, -0.25) is 0 Å². The van der Waals surface area contributed by atoms with Gasteiger partial charge in [0.15, 0.2) is 0 Å². The summed E-state index contributed by atoms with van der Waals surface area (Å²) in [5, 5.41) is 3.46. The molecule has 0 aromatic rings. The van der Waals surface area contributed by atoms with Crippen molar-refractivity contribution in [1.29, 1.82) is 0 Å². The van der Waals surface area contributed by atoms with Crippen LogP contribution in [-0.4, -0.2) is 49.2 Å². The lowest BCUT2D eigenvalue weighted by atomic mass is 9.91. The van der Waals surface area contributed by atoms with E-state index in [9.17, 15) is 4.79 Å². The lowest BCUT2D eigenvalue weighted by Gasteiger charge is -2.37. The predicted molar refractivity (Wildman–Crippen MR) is 82.7 cm³/mol. The summed E-state index contributed by atoms with van der Waals surface area (Å²) in [5.74, 6) is 0.977. The quantitative estimate of drug-likeness (QED) is 0.625. The highest BCUT2D eigenvalue weighted by molar-refractivity contribution is 5.82. The smallest absolute Gasteiger partial charge is 0.327 e. The van der Waals surface area contributed by atoms with Gasteiger partial charge >= 0.3 is 5.97 Å². The second-order valence-corrected chi connectivity index (χ2v) is 6.22. The molecule has 1 unspecified atom stereocenters. The van der Waals surface area contributed by atoms with Crippen LogP contribution in [0.4, 0.5) is 0 Å². The molecule has 1 aliphatic carbocycles. The maximum Gasteiger partial charge on any atom is 0.327 e. The average Bonchev–Trinajstić information content (AvgIpc) is 3.21. The van der Waals surface area contributed by atoms with E-state index in [2.05, 4.69) is 37.9 Å². The minimum Gasteiger partial charge on any atom is -0.465 e. The molecule has 1 N–H and O–H groups in total. The summed E-state index contributed by atoms with van der Waals surface area (Å²) < 4.78 is 5.38. The van der Waals surface area contributed by atoms with Gasteiger partial charge in [0.05, 0.1) is 6.61 Å². The van der Waals surface area contributed by atoms with E-state index in [1.165, 1.54) is 0 Å². The van der Waals surface area contributed by atoms with Crippen molar-refractivity contribution in [3.05, 3.63) is 0 Å². The van der Waals surface area contributed by atoms with Gasteiger partial charge in [0.25, 0.3) is 0 Å². The highest BCUT2D eigenvalue weighted by atomic mass is 16.5. The Morgan fingerprint density at radius 3 is 2.40 bits per heavy atom. The number of likely N-dealkylation sites (N-methyl/N-ethyl adjacent to an activating group) is 2. The zero-order valence-corrected chi connectivity index (χ0v) is 13.9. The topological polar surface area (TPSA) is 41.6 Å². The molecule has 20 heavy (non-hydrogen) atoms. The molecule has 0 spiro atoms. The summed E-state index contributed by atoms with van der Waals surface area (Å²) in [6.45, 7) is 14.6. The van der Waals surface area contributed by atoms with E-state index >= 15 is 0 Å². The molecule has 0 aromatic heterocycles. The molecular formula is C16H32N2O2. The molecule has 1 atom stereocenters. The lowest BCUT2D eigenvalue weighted by Crippen LogP contribution is -2.61. The number of hydrogen-bond donors (Lipinski definition) is 1. The van der Waals surface area contributed by atoms with Gasteiger partial charge in [-0.15, -0.1) is 0 Å². The molecule has 1 saturated carbocycles. The van der Waals surface area contributed by atoms with E-state index in [0.29, 0.717) is 18.4 Å². The fourth-order valence-corrected chi connectivity index (χ4v) is 2.96. The normalized spacial score (nSPS) is 18.4. The number of nitrogens with zero attached hydrogens (tertiary/aromatic N) is 1. The second-order valence-electron chi connectivity index (χ2n) is 6.22. The molecule has 0 bridgehead atoms. The first-order valence-electron chi connectivity index (χ1n) is 8.14. The van der Waals surface area contributed by atoms with Crippen LogP contribution in [0.25, 0.3) is 0 Å². The van der Waals surface area contributed by atoms with Gasteiger partial charge in [-0.25, -0.2) is 4.79 Å². The monoisotopic (exact) mass is 284 g/mol. The Morgan fingerprint density at radius 1 is 1.35 bits per heavy atom. The van der Waals surface area contributed by atoms with Crippen LogP contribution in [-0.2, 0) is 9.53 Å². The van der Waals surface area contributed by atoms with Crippen molar-refractivity contribution in [2.75, 3.05) is 32.8 Å². The van der Waals surface area contributed by atoms with Crippen molar-refractivity contribution in [3.63, 3.8) is 0 Å². The van der Waals surface area contributed by atoms with Crippen LogP contribution in [0.1, 0.15) is 47.5 Å². The van der Waals surface area contributed by atoms with Gasteiger partial charge in [-0.1, -0.05) is 27.7 Å². The highest BCUT2D eigenvalue weighted by Crippen LogP contribution is 2.41. The number of carbonyl (C=O) groups excluding carboxylic acids is 1. The zero-order valence-electron chi connectivity index (χ0n) is 13.9. The van der Waals surface area contributed by atoms with Crippen molar-refractivity contribution in [1.82, 2.24) is 10.2 Å². The number of esters is 1. The Kier molecular flexibility index (Phi) is 6.96. The van der Waals surface area contributed by atoms with E-state index in [0.717, 1.165) is 39.0 Å². The molecule has 1 rings (SSSR count). The van der Waals surface area contributed by atoms with Crippen LogP contribution in [0.2, 0.25) is 0 Å². The largest absolute Gasteiger partial charge is 0.465 e. The van der Waals surface area contributed by atoms with Gasteiger partial charge in [0.1, 0.15) is 5.54 Å². The van der Waals surface area contributed by atoms with Gasteiger partial charge in [0.2, 0.25) is 0 Å². The first-order chi connectivity index (χ1) is 9.50. The van der Waals surface area contributed by atoms with Crippen LogP contribution in [0, 0.1) is 11.8 Å². The molecule has 0 radical (unpaired) electrons. The first kappa shape index (κ1) is 17.4. The molecule has 0 saturated heterocycles. The van der Waals surface area contributed by atoms with E-state index in [4.69, 9.17) is 4.74 Å². The third-order valence-corrected chi connectivity index (χ3v) is 3.95. The molecule has 1 fully saturated rings. The van der Waals surface area contributed by atoms with Gasteiger partial charge in [0, 0.05) is 13.1 Å². The third-order valence-electron chi connectivity index (χ3n) is 3.95. The minimum atomic E-state index is -0.504. The fraction of sp³-hybridized carbons (Fsp3) is 0.938. The Bertz CT molecular complexity index is 303. The van der Waals surface area contributed by atoms with Crippen molar-refractivity contribution < 1.29 is 9.53 Å². The molecule has 0 heterocycles. The lowest BCUT2D eigenvalue weighted by molar-refractivity contribution is -0.153. The number of rotatable bonds is 10. The average molecular weight is 284 g/mol. The number of hydrogen-bond acceptors (Lipinski definition) is 4. The Labute approximate surface area is 124 Å². The van der Waals surface area contributed by atoms with Crippen LogP contribution in [0.5, 0.6) is 0 Å². The Morgan fingerprint density at radius 2 is 2.00 bits per heavy atom. The van der Waals surface area contributed by atoms with Crippen LogP contribution < -0.4 is 5.32 Å². The summed E-state index contributed by atoms with van der Waals surface area (Å²) in [6, 6.07) is 0. The predicted octanol–water partition coefficient (Wildman–Crippen LogP) is 2.29. The van der Waals surface area contributed by atoms with Gasteiger partial charge in [-0.2, -0.15) is 0 Å². The van der Waals surface area contributed by atoms with Gasteiger partial charge in [-0.05, 0) is 44.7 Å². The molecule has 0 aliphatic heterocycles. The van der Waals surface area contributed by atoms with E-state index in [-0.39, 0.29) is 5.97 Å². The number of carbonyl (C=O) groups is 1. The minimum absolute atomic E-state index is 0.0634. The molecular weight excluding hydrogens is 252 g/mol. The van der Waals surface area contributed by atoms with E-state index < -0.39 is 5.54 Å². The van der Waals surface area contributed by atoms with Crippen molar-refractivity contribution in [3.8, 4) is 0 Å². The zero-order chi connectivity index (χ0) is 15.2. The van der Waals surface area contributed by atoms with Crippen molar-refractivity contribution >= 4 is 5.97 Å². The molecule has 0 aromatic carbocycles. The number of ether oxygens (including phenoxy) is 1. The highest BCUT2D eigenvalue weighted by Gasteiger charge is 2.52. The maximum absolute atomic E-state index is 12.6. The van der Waals surface area contributed by atoms with Crippen LogP contribution in [0.15, 0.2) is 0 Å². The number of nitrogens with one attached hydrogen (secondary N) is 1. The molecule has 1 aliphatic rings. The molecule has 4 nitrogen and oxygen atoms in total.